The van der Waals surface area contributed by atoms with Crippen molar-refractivity contribution < 1.29 is 57.2 Å². The smallest absolute Gasteiger partial charge is 0.357 e. The maximum Gasteiger partial charge on any atom is 0.357 e. The van der Waals surface area contributed by atoms with Crippen molar-refractivity contribution in [1.29, 1.82) is 0 Å². The summed E-state index contributed by atoms with van der Waals surface area (Å²) < 4.78 is 37.5. The van der Waals surface area contributed by atoms with Gasteiger partial charge in [-0.15, -0.1) is 0 Å². The zero-order valence-corrected chi connectivity index (χ0v) is 39.9. The lowest BCUT2D eigenvalue weighted by atomic mass is 10.0. The SMILES string of the molecule is COC(=O)C(OC(=O)c1cncn1C(C)c1cccc(COC(=O)C(C)(C)OC(=O)c2cncn2C(C)c2cccc(COC(=O)C(C)OC(=O)c3cncn3C(C)c3ccccc3)c2)c1)C(C)C. The fraction of sp³-hybridized carbons (Fsp3) is 0.353. The first-order valence-corrected chi connectivity index (χ1v) is 22.2. The molecule has 69 heavy (non-hydrogen) atoms. The third-order valence-electron chi connectivity index (χ3n) is 11.5. The molecule has 0 amide bonds. The molecule has 0 spiro atoms. The molecule has 0 N–H and O–H groups in total. The van der Waals surface area contributed by atoms with Gasteiger partial charge in [-0.3, -0.25) is 0 Å². The number of ether oxygens (including phenoxy) is 6. The number of aromatic nitrogens is 6. The number of imidazole rings is 3. The van der Waals surface area contributed by atoms with E-state index in [1.54, 1.807) is 57.9 Å². The van der Waals surface area contributed by atoms with E-state index in [0.717, 1.165) is 16.7 Å². The van der Waals surface area contributed by atoms with Crippen LogP contribution in [0.5, 0.6) is 0 Å². The Labute approximate surface area is 399 Å². The van der Waals surface area contributed by atoms with Crippen molar-refractivity contribution in [2.75, 3.05) is 7.11 Å². The zero-order valence-electron chi connectivity index (χ0n) is 39.9. The van der Waals surface area contributed by atoms with Crippen LogP contribution in [0.1, 0.15) is 133 Å². The maximum atomic E-state index is 13.6. The van der Waals surface area contributed by atoms with Crippen LogP contribution >= 0.6 is 0 Å². The summed E-state index contributed by atoms with van der Waals surface area (Å²) in [6.45, 7) is 13.1. The summed E-state index contributed by atoms with van der Waals surface area (Å²) in [6, 6.07) is 22.9. The van der Waals surface area contributed by atoms with Gasteiger partial charge in [0.1, 0.15) is 30.3 Å². The molecule has 18 nitrogen and oxygen atoms in total. The summed E-state index contributed by atoms with van der Waals surface area (Å²) in [5.41, 5.74) is 2.41. The molecular formula is C51H56N6O12. The minimum Gasteiger partial charge on any atom is -0.466 e. The average molecular weight is 945 g/mol. The standard InChI is InChI=1S/C51H56N6O12/c1-31(2)44(49(62)64-9)68-47(60)42-24-53-29-56(42)33(4)40-20-14-16-37(22-40)27-66-50(63)51(7,8)69-48(61)43-25-54-30-57(43)34(5)39-19-13-15-36(21-39)26-65-45(58)35(6)67-46(59)41-23-52-28-55(41)32(3)38-17-11-10-12-18-38/h10-25,28-35,44H,26-27H2,1-9H3. The highest BCUT2D eigenvalue weighted by Gasteiger charge is 2.36. The van der Waals surface area contributed by atoms with Crippen molar-refractivity contribution >= 4 is 35.8 Å². The molecule has 3 heterocycles. The van der Waals surface area contributed by atoms with Gasteiger partial charge in [0.15, 0.2) is 6.10 Å². The molecule has 5 atom stereocenters. The normalized spacial score (nSPS) is 13.6. The van der Waals surface area contributed by atoms with E-state index in [-0.39, 0.29) is 42.3 Å². The molecule has 0 aliphatic heterocycles. The topological polar surface area (TPSA) is 211 Å². The van der Waals surface area contributed by atoms with Crippen LogP contribution < -0.4 is 0 Å². The van der Waals surface area contributed by atoms with E-state index in [2.05, 4.69) is 15.0 Å². The van der Waals surface area contributed by atoms with E-state index in [1.807, 2.05) is 69.3 Å². The first kappa shape index (κ1) is 50.5. The second-order valence-electron chi connectivity index (χ2n) is 17.2. The fourth-order valence-electron chi connectivity index (χ4n) is 7.35. The molecule has 0 fully saturated rings. The van der Waals surface area contributed by atoms with Gasteiger partial charge in [-0.25, -0.2) is 43.7 Å². The van der Waals surface area contributed by atoms with E-state index in [4.69, 9.17) is 28.4 Å². The first-order chi connectivity index (χ1) is 32.9. The number of nitrogens with zero attached hydrogens (tertiary/aromatic N) is 6. The van der Waals surface area contributed by atoms with Gasteiger partial charge in [0.25, 0.3) is 0 Å². The molecular weight excluding hydrogens is 889 g/mol. The van der Waals surface area contributed by atoms with Crippen LogP contribution in [0.25, 0.3) is 0 Å². The number of methoxy groups -OCH3 is 1. The van der Waals surface area contributed by atoms with Gasteiger partial charge >= 0.3 is 35.8 Å². The molecule has 0 radical (unpaired) electrons. The summed E-state index contributed by atoms with van der Waals surface area (Å²) in [5, 5.41) is 0. The average Bonchev–Trinajstić information content (AvgIpc) is 4.16. The van der Waals surface area contributed by atoms with Gasteiger partial charge in [0.05, 0.1) is 62.8 Å². The van der Waals surface area contributed by atoms with Crippen molar-refractivity contribution in [1.82, 2.24) is 28.7 Å². The predicted octanol–water partition coefficient (Wildman–Crippen LogP) is 7.43. The second-order valence-corrected chi connectivity index (χ2v) is 17.2. The van der Waals surface area contributed by atoms with Crippen molar-refractivity contribution in [3.63, 3.8) is 0 Å². The summed E-state index contributed by atoms with van der Waals surface area (Å²) >= 11 is 0. The lowest BCUT2D eigenvalue weighted by Crippen LogP contribution is -2.39. The maximum absolute atomic E-state index is 13.6. The monoisotopic (exact) mass is 944 g/mol. The second kappa shape index (κ2) is 22.3. The lowest BCUT2D eigenvalue weighted by Gasteiger charge is -2.24. The van der Waals surface area contributed by atoms with E-state index in [9.17, 15) is 28.8 Å². The molecule has 6 rings (SSSR count). The minimum atomic E-state index is -1.71. The van der Waals surface area contributed by atoms with Crippen molar-refractivity contribution in [2.45, 2.75) is 105 Å². The Morgan fingerprint density at radius 1 is 0.551 bits per heavy atom. The summed E-state index contributed by atoms with van der Waals surface area (Å²) in [6.07, 6.45) is 6.26. The van der Waals surface area contributed by atoms with Gasteiger partial charge in [-0.05, 0) is 69.4 Å². The van der Waals surface area contributed by atoms with Gasteiger partial charge in [-0.1, -0.05) is 92.7 Å². The summed E-state index contributed by atoms with van der Waals surface area (Å²) in [5.74, 6) is -4.80. The van der Waals surface area contributed by atoms with Crippen LogP contribution in [0.15, 0.2) is 116 Å². The molecule has 3 aromatic carbocycles. The number of benzene rings is 3. The Kier molecular flexibility index (Phi) is 16.3. The Bertz CT molecular complexity index is 2770. The Morgan fingerprint density at radius 3 is 1.49 bits per heavy atom. The van der Waals surface area contributed by atoms with Crippen LogP contribution in [0.3, 0.4) is 0 Å². The van der Waals surface area contributed by atoms with Crippen molar-refractivity contribution in [3.8, 4) is 0 Å². The van der Waals surface area contributed by atoms with Gasteiger partial charge in [0.2, 0.25) is 11.7 Å². The fourth-order valence-corrected chi connectivity index (χ4v) is 7.35. The quantitative estimate of drug-likeness (QED) is 0.0538. The third kappa shape index (κ3) is 12.2. The number of rotatable bonds is 20. The number of esters is 6. The molecule has 362 valence electrons. The van der Waals surface area contributed by atoms with Crippen LogP contribution in [-0.2, 0) is 56.0 Å². The first-order valence-electron chi connectivity index (χ1n) is 22.2. The van der Waals surface area contributed by atoms with Gasteiger partial charge in [-0.2, -0.15) is 0 Å². The molecule has 0 bridgehead atoms. The molecule has 5 unspecified atom stereocenters. The number of hydrogen-bond acceptors (Lipinski definition) is 15. The van der Waals surface area contributed by atoms with Gasteiger partial charge < -0.3 is 42.1 Å². The van der Waals surface area contributed by atoms with Gasteiger partial charge in [0, 0.05) is 5.92 Å². The van der Waals surface area contributed by atoms with Crippen molar-refractivity contribution in [3.05, 3.63) is 161 Å². The molecule has 0 saturated carbocycles. The molecule has 6 aromatic rings. The van der Waals surface area contributed by atoms with Crippen molar-refractivity contribution in [2.24, 2.45) is 5.92 Å². The highest BCUT2D eigenvalue weighted by atomic mass is 16.6. The van der Waals surface area contributed by atoms with Crippen LogP contribution in [0.2, 0.25) is 0 Å². The number of hydrogen-bond donors (Lipinski definition) is 0. The number of carbonyl (C=O) groups excluding carboxylic acids is 6. The summed E-state index contributed by atoms with van der Waals surface area (Å²) in [7, 11) is 1.22. The van der Waals surface area contributed by atoms with E-state index in [1.165, 1.54) is 65.5 Å². The van der Waals surface area contributed by atoms with E-state index >= 15 is 0 Å². The van der Waals surface area contributed by atoms with Crippen LogP contribution in [0.4, 0.5) is 0 Å². The zero-order chi connectivity index (χ0) is 50.0. The predicted molar refractivity (Wildman–Crippen MR) is 247 cm³/mol. The number of carbonyl (C=O) groups is 6. The highest BCUT2D eigenvalue weighted by Crippen LogP contribution is 2.26. The molecule has 0 aliphatic rings. The minimum absolute atomic E-state index is 0.0739. The van der Waals surface area contributed by atoms with E-state index < -0.39 is 65.7 Å². The highest BCUT2D eigenvalue weighted by molar-refractivity contribution is 5.92. The Morgan fingerprint density at radius 2 is 1.00 bits per heavy atom. The molecule has 18 heteroatoms. The molecule has 3 aromatic heterocycles. The third-order valence-corrected chi connectivity index (χ3v) is 11.5. The van der Waals surface area contributed by atoms with Crippen LogP contribution in [-0.4, -0.2) is 89.4 Å². The molecule has 0 saturated heterocycles. The van der Waals surface area contributed by atoms with E-state index in [0.29, 0.717) is 11.1 Å². The summed E-state index contributed by atoms with van der Waals surface area (Å²) in [4.78, 5) is 90.9. The Hall–Kier alpha value is -7.89. The molecule has 0 aliphatic carbocycles. The Balaban J connectivity index is 1.02. The lowest BCUT2D eigenvalue weighted by molar-refractivity contribution is -0.164. The van der Waals surface area contributed by atoms with Crippen LogP contribution in [0, 0.1) is 5.92 Å². The largest absolute Gasteiger partial charge is 0.466 e.